The molecule has 1 atom stereocenters. The van der Waals surface area contributed by atoms with Crippen LogP contribution in [-0.2, 0) is 11.3 Å². The van der Waals surface area contributed by atoms with Crippen LogP contribution < -0.4 is 0 Å². The van der Waals surface area contributed by atoms with E-state index in [0.29, 0.717) is 12.7 Å². The molecule has 0 aromatic heterocycles. The van der Waals surface area contributed by atoms with E-state index in [1.165, 1.54) is 37.7 Å². The summed E-state index contributed by atoms with van der Waals surface area (Å²) in [6.45, 7) is 5.12. The molecule has 1 aromatic rings. The molecular weight excluding hydrogens is 276 g/mol. The lowest BCUT2D eigenvalue weighted by Crippen LogP contribution is -2.08. The summed E-state index contributed by atoms with van der Waals surface area (Å²) < 4.78 is 7.00. The Morgan fingerprint density at radius 3 is 2.65 bits per heavy atom. The molecule has 0 radical (unpaired) electrons. The van der Waals surface area contributed by atoms with Gasteiger partial charge in [-0.1, -0.05) is 66.7 Å². The lowest BCUT2D eigenvalue weighted by molar-refractivity contribution is 0.0456. The Morgan fingerprint density at radius 1 is 1.18 bits per heavy atom. The zero-order chi connectivity index (χ0) is 12.5. The topological polar surface area (TPSA) is 9.23 Å². The van der Waals surface area contributed by atoms with Crippen molar-refractivity contribution in [3.63, 3.8) is 0 Å². The van der Waals surface area contributed by atoms with E-state index in [1.54, 1.807) is 0 Å². The number of halogens is 1. The van der Waals surface area contributed by atoms with Crippen LogP contribution in [0.1, 0.15) is 51.5 Å². The highest BCUT2D eigenvalue weighted by Crippen LogP contribution is 2.18. The second-order valence-corrected chi connectivity index (χ2v) is 5.42. The van der Waals surface area contributed by atoms with Gasteiger partial charge in [0.25, 0.3) is 0 Å². The molecule has 0 saturated heterocycles. The van der Waals surface area contributed by atoms with Crippen LogP contribution in [0, 0.1) is 0 Å². The molecule has 0 aliphatic heterocycles. The summed E-state index contributed by atoms with van der Waals surface area (Å²) in [6.07, 6.45) is 6.79. The summed E-state index contributed by atoms with van der Waals surface area (Å²) >= 11 is 3.54. The first-order chi connectivity index (χ1) is 8.24. The second-order valence-electron chi connectivity index (χ2n) is 4.56. The average molecular weight is 299 g/mol. The molecule has 0 N–H and O–H groups in total. The van der Waals surface area contributed by atoms with Gasteiger partial charge >= 0.3 is 0 Å². The van der Waals surface area contributed by atoms with Gasteiger partial charge in [-0.15, -0.1) is 0 Å². The molecule has 0 fully saturated rings. The van der Waals surface area contributed by atoms with E-state index in [0.717, 1.165) is 4.47 Å². The van der Waals surface area contributed by atoms with Crippen LogP contribution in [0.2, 0.25) is 0 Å². The highest BCUT2D eigenvalue weighted by Gasteiger charge is 2.04. The summed E-state index contributed by atoms with van der Waals surface area (Å²) in [6, 6.07) is 8.25. The minimum Gasteiger partial charge on any atom is -0.374 e. The predicted molar refractivity (Wildman–Crippen MR) is 77.2 cm³/mol. The zero-order valence-corrected chi connectivity index (χ0v) is 12.5. The summed E-state index contributed by atoms with van der Waals surface area (Å²) in [7, 11) is 0. The highest BCUT2D eigenvalue weighted by molar-refractivity contribution is 9.10. The van der Waals surface area contributed by atoms with Crippen molar-refractivity contribution in [3.8, 4) is 0 Å². The molecule has 0 aliphatic carbocycles. The molecule has 17 heavy (non-hydrogen) atoms. The SMILES string of the molecule is CCCCCCC(C)OCc1ccccc1Br. The van der Waals surface area contributed by atoms with E-state index in [2.05, 4.69) is 48.0 Å². The first-order valence-corrected chi connectivity index (χ1v) is 7.38. The molecule has 0 aliphatic rings. The van der Waals surface area contributed by atoms with Gasteiger partial charge in [-0.2, -0.15) is 0 Å². The van der Waals surface area contributed by atoms with Gasteiger partial charge in [-0.25, -0.2) is 0 Å². The number of ether oxygens (including phenoxy) is 1. The van der Waals surface area contributed by atoms with E-state index < -0.39 is 0 Å². The Morgan fingerprint density at radius 2 is 1.94 bits per heavy atom. The highest BCUT2D eigenvalue weighted by atomic mass is 79.9. The van der Waals surface area contributed by atoms with Crippen molar-refractivity contribution in [1.82, 2.24) is 0 Å². The molecule has 1 aromatic carbocycles. The van der Waals surface area contributed by atoms with Crippen molar-refractivity contribution in [3.05, 3.63) is 34.3 Å². The van der Waals surface area contributed by atoms with Crippen molar-refractivity contribution in [1.29, 1.82) is 0 Å². The van der Waals surface area contributed by atoms with Crippen LogP contribution in [0.15, 0.2) is 28.7 Å². The lowest BCUT2D eigenvalue weighted by Gasteiger charge is -2.13. The van der Waals surface area contributed by atoms with E-state index in [9.17, 15) is 0 Å². The van der Waals surface area contributed by atoms with Crippen LogP contribution in [-0.4, -0.2) is 6.10 Å². The number of unbranched alkanes of at least 4 members (excludes halogenated alkanes) is 3. The number of rotatable bonds is 8. The molecule has 0 amide bonds. The van der Waals surface area contributed by atoms with Crippen molar-refractivity contribution >= 4 is 15.9 Å². The van der Waals surface area contributed by atoms with Gasteiger partial charge in [0.05, 0.1) is 12.7 Å². The van der Waals surface area contributed by atoms with Crippen molar-refractivity contribution in [2.24, 2.45) is 0 Å². The Balaban J connectivity index is 2.19. The maximum atomic E-state index is 5.86. The Kier molecular flexibility index (Phi) is 7.54. The van der Waals surface area contributed by atoms with Gasteiger partial charge < -0.3 is 4.74 Å². The quantitative estimate of drug-likeness (QED) is 0.590. The fourth-order valence-electron chi connectivity index (χ4n) is 1.79. The molecule has 1 unspecified atom stereocenters. The Bertz CT molecular complexity index is 312. The molecule has 0 spiro atoms. The van der Waals surface area contributed by atoms with Crippen LogP contribution in [0.4, 0.5) is 0 Å². The minimum absolute atomic E-state index is 0.360. The summed E-state index contributed by atoms with van der Waals surface area (Å²) in [5, 5.41) is 0. The maximum absolute atomic E-state index is 5.86. The summed E-state index contributed by atoms with van der Waals surface area (Å²) in [5.74, 6) is 0. The van der Waals surface area contributed by atoms with E-state index in [1.807, 2.05) is 6.07 Å². The Hall–Kier alpha value is -0.340. The van der Waals surface area contributed by atoms with Gasteiger partial charge in [0.2, 0.25) is 0 Å². The molecular formula is C15H23BrO. The Labute approximate surface area is 114 Å². The van der Waals surface area contributed by atoms with Crippen LogP contribution in [0.25, 0.3) is 0 Å². The van der Waals surface area contributed by atoms with Crippen molar-refractivity contribution in [2.45, 2.75) is 58.7 Å². The second kappa shape index (κ2) is 8.71. The monoisotopic (exact) mass is 298 g/mol. The first kappa shape index (κ1) is 14.7. The van der Waals surface area contributed by atoms with Gasteiger partial charge in [0.1, 0.15) is 0 Å². The third-order valence-corrected chi connectivity index (χ3v) is 3.72. The van der Waals surface area contributed by atoms with Crippen LogP contribution >= 0.6 is 15.9 Å². The lowest BCUT2D eigenvalue weighted by atomic mass is 10.1. The molecule has 96 valence electrons. The van der Waals surface area contributed by atoms with E-state index in [-0.39, 0.29) is 0 Å². The van der Waals surface area contributed by atoms with Gasteiger partial charge in [-0.3, -0.25) is 0 Å². The van der Waals surface area contributed by atoms with E-state index in [4.69, 9.17) is 4.74 Å². The molecule has 0 heterocycles. The third kappa shape index (κ3) is 6.23. The molecule has 2 heteroatoms. The summed E-state index contributed by atoms with van der Waals surface area (Å²) in [4.78, 5) is 0. The summed E-state index contributed by atoms with van der Waals surface area (Å²) in [5.41, 5.74) is 1.23. The fraction of sp³-hybridized carbons (Fsp3) is 0.600. The minimum atomic E-state index is 0.360. The molecule has 0 bridgehead atoms. The fourth-order valence-corrected chi connectivity index (χ4v) is 2.19. The predicted octanol–water partition coefficient (Wildman–Crippen LogP) is 5.32. The number of hydrogen-bond acceptors (Lipinski definition) is 1. The third-order valence-electron chi connectivity index (χ3n) is 2.95. The first-order valence-electron chi connectivity index (χ1n) is 6.59. The van der Waals surface area contributed by atoms with Gasteiger partial charge in [-0.05, 0) is 25.0 Å². The van der Waals surface area contributed by atoms with Gasteiger partial charge in [0.15, 0.2) is 0 Å². The zero-order valence-electron chi connectivity index (χ0n) is 10.9. The van der Waals surface area contributed by atoms with Crippen molar-refractivity contribution < 1.29 is 4.74 Å². The van der Waals surface area contributed by atoms with Crippen LogP contribution in [0.5, 0.6) is 0 Å². The van der Waals surface area contributed by atoms with Crippen LogP contribution in [0.3, 0.4) is 0 Å². The smallest absolute Gasteiger partial charge is 0.0731 e. The largest absolute Gasteiger partial charge is 0.374 e. The van der Waals surface area contributed by atoms with Crippen molar-refractivity contribution in [2.75, 3.05) is 0 Å². The molecule has 1 rings (SSSR count). The number of benzene rings is 1. The normalized spacial score (nSPS) is 12.6. The van der Waals surface area contributed by atoms with E-state index >= 15 is 0 Å². The molecule has 0 saturated carbocycles. The maximum Gasteiger partial charge on any atom is 0.0731 e. The average Bonchev–Trinajstić information content (AvgIpc) is 2.34. The standard InChI is InChI=1S/C15H23BrO/c1-3-4-5-6-9-13(2)17-12-14-10-7-8-11-15(14)16/h7-8,10-11,13H,3-6,9,12H2,1-2H3. The number of hydrogen-bond donors (Lipinski definition) is 0. The molecule has 1 nitrogen and oxygen atoms in total. The van der Waals surface area contributed by atoms with Gasteiger partial charge in [0, 0.05) is 4.47 Å².